The molecule has 12 heteroatoms. The van der Waals surface area contributed by atoms with Crippen molar-refractivity contribution >= 4 is 35.2 Å². The largest absolute Gasteiger partial charge is 0.478 e. The number of hydrogen-bond donors (Lipinski definition) is 3. The highest BCUT2D eigenvalue weighted by Crippen LogP contribution is 2.20. The number of nitrogens with zero attached hydrogens (tertiary/aromatic N) is 6. The van der Waals surface area contributed by atoms with Crippen LogP contribution in [0.3, 0.4) is 0 Å². The van der Waals surface area contributed by atoms with Crippen LogP contribution in [0.15, 0.2) is 67.4 Å². The predicted octanol–water partition coefficient (Wildman–Crippen LogP) is 2.60. The Balaban J connectivity index is 1.47. The lowest BCUT2D eigenvalue weighted by Gasteiger charge is -2.19. The van der Waals surface area contributed by atoms with E-state index in [0.29, 0.717) is 29.2 Å². The summed E-state index contributed by atoms with van der Waals surface area (Å²) < 4.78 is 3.37. The Labute approximate surface area is 211 Å². The van der Waals surface area contributed by atoms with Crippen molar-refractivity contribution in [2.24, 2.45) is 7.05 Å². The lowest BCUT2D eigenvalue weighted by Crippen LogP contribution is -2.40. The fourth-order valence-corrected chi connectivity index (χ4v) is 3.71. The predicted molar refractivity (Wildman–Crippen MR) is 134 cm³/mol. The van der Waals surface area contributed by atoms with Gasteiger partial charge < -0.3 is 20.3 Å². The van der Waals surface area contributed by atoms with Crippen molar-refractivity contribution in [3.05, 3.63) is 89.2 Å². The molecule has 184 valence electrons. The first-order chi connectivity index (χ1) is 17.4. The van der Waals surface area contributed by atoms with E-state index in [1.807, 2.05) is 11.6 Å². The van der Waals surface area contributed by atoms with Gasteiger partial charge in [-0.05, 0) is 59.0 Å². The first-order valence-electron chi connectivity index (χ1n) is 10.9. The van der Waals surface area contributed by atoms with E-state index in [2.05, 4.69) is 31.1 Å². The number of amides is 1. The van der Waals surface area contributed by atoms with Gasteiger partial charge in [0.15, 0.2) is 0 Å². The number of nitrogens with one attached hydrogen (secondary N) is 2. The minimum Gasteiger partial charge on any atom is -0.478 e. The van der Waals surface area contributed by atoms with Gasteiger partial charge in [0.1, 0.15) is 6.33 Å². The van der Waals surface area contributed by atoms with Gasteiger partial charge in [-0.2, -0.15) is 4.68 Å². The van der Waals surface area contributed by atoms with Gasteiger partial charge in [0.05, 0.1) is 23.6 Å². The van der Waals surface area contributed by atoms with Gasteiger partial charge in [-0.25, -0.2) is 9.78 Å². The maximum Gasteiger partial charge on any atom is 0.335 e. The zero-order chi connectivity index (χ0) is 25.5. The van der Waals surface area contributed by atoms with E-state index >= 15 is 0 Å². The van der Waals surface area contributed by atoms with E-state index in [-0.39, 0.29) is 17.5 Å². The van der Waals surface area contributed by atoms with Gasteiger partial charge >= 0.3 is 5.97 Å². The number of aryl methyl sites for hydroxylation is 1. The number of halogens is 1. The number of carboxylic acids is 1. The van der Waals surface area contributed by atoms with Crippen molar-refractivity contribution in [3.63, 3.8) is 0 Å². The Hall–Kier alpha value is -4.51. The molecule has 2 heterocycles. The Bertz CT molecular complexity index is 1370. The normalized spacial score (nSPS) is 11.9. The topological polar surface area (TPSA) is 140 Å². The Kier molecular flexibility index (Phi) is 7.71. The monoisotopic (exact) mass is 506 g/mol. The molecular weight excluding hydrogens is 484 g/mol. The molecule has 36 heavy (non-hydrogen) atoms. The van der Waals surface area contributed by atoms with Gasteiger partial charge in [0, 0.05) is 54.3 Å². The summed E-state index contributed by atoms with van der Waals surface area (Å²) in [5.74, 6) is -1.29. The van der Waals surface area contributed by atoms with Crippen LogP contribution in [0.25, 0.3) is 11.8 Å². The first kappa shape index (κ1) is 24.6. The summed E-state index contributed by atoms with van der Waals surface area (Å²) in [5, 5.41) is 27.1. The number of aromatic carboxylic acids is 1. The maximum atomic E-state index is 12.9. The average Bonchev–Trinajstić information content (AvgIpc) is 3.54. The number of imidazole rings is 1. The third-order valence-electron chi connectivity index (χ3n) is 5.40. The van der Waals surface area contributed by atoms with Gasteiger partial charge in [-0.3, -0.25) is 4.79 Å². The van der Waals surface area contributed by atoms with Crippen LogP contribution in [0.4, 0.5) is 5.69 Å². The second-order valence-corrected chi connectivity index (χ2v) is 8.40. The van der Waals surface area contributed by atoms with Gasteiger partial charge in [-0.1, -0.05) is 11.6 Å². The molecule has 2 aromatic heterocycles. The highest BCUT2D eigenvalue weighted by molar-refractivity contribution is 6.30. The van der Waals surface area contributed by atoms with Crippen LogP contribution in [0.5, 0.6) is 0 Å². The first-order valence-corrected chi connectivity index (χ1v) is 11.3. The minimum absolute atomic E-state index is 0.201. The molecular formula is C24H23ClN8O3. The highest BCUT2D eigenvalue weighted by atomic mass is 35.5. The summed E-state index contributed by atoms with van der Waals surface area (Å²) in [4.78, 5) is 28.1. The summed E-state index contributed by atoms with van der Waals surface area (Å²) in [6.45, 7) is 0.407. The SMILES string of the molecule is Cn1cncc1C[C@@H](CNc1ccc(C(=O)O)cc1)NC(=O)/C=C/c1cc(Cl)ccc1-n1cnnn1. The van der Waals surface area contributed by atoms with Crippen molar-refractivity contribution < 1.29 is 14.7 Å². The molecule has 0 aliphatic heterocycles. The third-order valence-corrected chi connectivity index (χ3v) is 5.64. The number of carbonyl (C=O) groups is 2. The van der Waals surface area contributed by atoms with E-state index in [1.54, 1.807) is 48.9 Å². The molecule has 0 fully saturated rings. The molecule has 0 aliphatic carbocycles. The Morgan fingerprint density at radius 2 is 1.97 bits per heavy atom. The Morgan fingerprint density at radius 1 is 1.17 bits per heavy atom. The minimum atomic E-state index is -0.988. The number of rotatable bonds is 10. The molecule has 2 aromatic carbocycles. The second-order valence-electron chi connectivity index (χ2n) is 7.96. The van der Waals surface area contributed by atoms with Crippen LogP contribution >= 0.6 is 11.6 Å². The molecule has 1 atom stereocenters. The summed E-state index contributed by atoms with van der Waals surface area (Å²) in [6, 6.07) is 11.3. The van der Waals surface area contributed by atoms with E-state index in [0.717, 1.165) is 11.4 Å². The molecule has 0 bridgehead atoms. The molecule has 0 radical (unpaired) electrons. The molecule has 0 saturated heterocycles. The molecule has 0 unspecified atom stereocenters. The molecule has 0 aliphatic rings. The smallest absolute Gasteiger partial charge is 0.335 e. The summed E-state index contributed by atoms with van der Waals surface area (Å²) in [6.07, 6.45) is 8.52. The van der Waals surface area contributed by atoms with Crippen LogP contribution in [0.1, 0.15) is 21.6 Å². The average molecular weight is 507 g/mol. The summed E-state index contributed by atoms with van der Waals surface area (Å²) >= 11 is 6.15. The number of aromatic nitrogens is 6. The van der Waals surface area contributed by atoms with Crippen LogP contribution in [-0.4, -0.2) is 59.3 Å². The van der Waals surface area contributed by atoms with Gasteiger partial charge in [0.2, 0.25) is 5.91 Å². The summed E-state index contributed by atoms with van der Waals surface area (Å²) in [7, 11) is 1.89. The van der Waals surface area contributed by atoms with Crippen LogP contribution in [0, 0.1) is 0 Å². The zero-order valence-electron chi connectivity index (χ0n) is 19.2. The molecule has 0 saturated carbocycles. The lowest BCUT2D eigenvalue weighted by atomic mass is 10.1. The zero-order valence-corrected chi connectivity index (χ0v) is 20.0. The third kappa shape index (κ3) is 6.33. The molecule has 4 aromatic rings. The number of tetrazole rings is 1. The number of benzene rings is 2. The number of hydrogen-bond acceptors (Lipinski definition) is 7. The number of carboxylic acid groups (broad SMARTS) is 1. The molecule has 4 rings (SSSR count). The van der Waals surface area contributed by atoms with E-state index < -0.39 is 5.97 Å². The van der Waals surface area contributed by atoms with E-state index in [1.165, 1.54) is 29.2 Å². The van der Waals surface area contributed by atoms with E-state index in [9.17, 15) is 9.59 Å². The van der Waals surface area contributed by atoms with Crippen LogP contribution < -0.4 is 10.6 Å². The molecule has 0 spiro atoms. The fraction of sp³-hybridized carbons (Fsp3) is 0.167. The Morgan fingerprint density at radius 3 is 2.64 bits per heavy atom. The van der Waals surface area contributed by atoms with Gasteiger partial charge in [-0.15, -0.1) is 5.10 Å². The van der Waals surface area contributed by atoms with E-state index in [4.69, 9.17) is 16.7 Å². The van der Waals surface area contributed by atoms with Crippen molar-refractivity contribution in [2.75, 3.05) is 11.9 Å². The quantitative estimate of drug-likeness (QED) is 0.279. The number of carbonyl (C=O) groups excluding carboxylic acids is 1. The summed E-state index contributed by atoms with van der Waals surface area (Å²) in [5.41, 5.74) is 3.23. The van der Waals surface area contributed by atoms with Crippen molar-refractivity contribution in [1.82, 2.24) is 35.1 Å². The van der Waals surface area contributed by atoms with Gasteiger partial charge in [0.25, 0.3) is 0 Å². The van der Waals surface area contributed by atoms with Crippen molar-refractivity contribution in [1.29, 1.82) is 0 Å². The second kappa shape index (κ2) is 11.3. The molecule has 11 nitrogen and oxygen atoms in total. The highest BCUT2D eigenvalue weighted by Gasteiger charge is 2.15. The molecule has 3 N–H and O–H groups in total. The fourth-order valence-electron chi connectivity index (χ4n) is 3.53. The molecule has 1 amide bonds. The lowest BCUT2D eigenvalue weighted by molar-refractivity contribution is -0.117. The van der Waals surface area contributed by atoms with Crippen LogP contribution in [0.2, 0.25) is 5.02 Å². The van der Waals surface area contributed by atoms with Crippen molar-refractivity contribution in [2.45, 2.75) is 12.5 Å². The number of anilines is 1. The van der Waals surface area contributed by atoms with Crippen molar-refractivity contribution in [3.8, 4) is 5.69 Å². The van der Waals surface area contributed by atoms with Crippen LogP contribution in [-0.2, 0) is 18.3 Å². The standard InChI is InChI=1S/C24H23ClN8O3/c1-32-14-26-13-21(32)11-20(12-27-19-6-2-16(3-7-19)24(35)36)29-23(34)9-4-17-10-18(25)5-8-22(17)33-15-28-30-31-33/h2-10,13-15,20,27H,11-12H2,1H3,(H,29,34)(H,35,36)/b9-4+/t20-/m0/s1. The maximum absolute atomic E-state index is 12.9.